The molecule has 0 rings (SSSR count). The van der Waals surface area contributed by atoms with Crippen molar-refractivity contribution in [1.82, 2.24) is 0 Å². The van der Waals surface area contributed by atoms with Gasteiger partial charge >= 0.3 is 0 Å². The fourth-order valence-corrected chi connectivity index (χ4v) is 0. The molecule has 0 aromatic carbocycles. The van der Waals surface area contributed by atoms with E-state index in [1.807, 2.05) is 0 Å². The first-order valence-corrected chi connectivity index (χ1v) is 0. The molecule has 0 aliphatic heterocycles. The molecule has 0 aliphatic carbocycles. The fourth-order valence-electron chi connectivity index (χ4n) is 0. The second-order valence-electron chi connectivity index (χ2n) is 0. The van der Waals surface area contributed by atoms with Crippen LogP contribution in [0.15, 0.2) is 0 Å². The van der Waals surface area contributed by atoms with Gasteiger partial charge in [-0.3, -0.25) is 0 Å². The minimum Gasteiger partial charge on any atom is -0.153 e. The summed E-state index contributed by atoms with van der Waals surface area (Å²) in [4.78, 5) is 0. The average molecular weight is 242 g/mol. The molecule has 4 heavy (non-hydrogen) atoms. The molecule has 4 radical (unpaired) electrons. The van der Waals surface area contributed by atoms with Crippen molar-refractivity contribution in [2.45, 2.75) is 0 Å². The first kappa shape index (κ1) is 34.9. The van der Waals surface area contributed by atoms with Crippen LogP contribution in [0.1, 0.15) is 0 Å². The van der Waals surface area contributed by atoms with Gasteiger partial charge in [-0.25, -0.2) is 0 Å². The van der Waals surface area contributed by atoms with E-state index in [1.165, 1.54) is 0 Å². The Morgan fingerprint density at radius 3 is 1.00 bits per heavy atom. The molecule has 0 spiro atoms. The van der Waals surface area contributed by atoms with Gasteiger partial charge in [0.15, 0.2) is 0 Å². The van der Waals surface area contributed by atoms with Crippen molar-refractivity contribution >= 4 is 18.3 Å². The van der Waals surface area contributed by atoms with Crippen LogP contribution in [-0.2, 0) is 16.5 Å². The summed E-state index contributed by atoms with van der Waals surface area (Å²) in [5.74, 6) is 0. The third kappa shape index (κ3) is 8.89. The minimum absolute atomic E-state index is 0. The normalized spacial score (nSPS) is 0. The van der Waals surface area contributed by atoms with Crippen molar-refractivity contribution in [3.63, 3.8) is 0 Å². The third-order valence-electron chi connectivity index (χ3n) is 0. The van der Waals surface area contributed by atoms with E-state index in [0.717, 1.165) is 0 Å². The van der Waals surface area contributed by atoms with E-state index in [0.29, 0.717) is 0 Å². The molecule has 0 amide bonds. The van der Waals surface area contributed by atoms with Gasteiger partial charge in [0.1, 0.15) is 0 Å². The van der Waals surface area contributed by atoms with E-state index in [9.17, 15) is 0 Å². The second-order valence-corrected chi connectivity index (χ2v) is 0. The van der Waals surface area contributed by atoms with Crippen LogP contribution < -0.4 is 0 Å². The number of rotatable bonds is 0. The maximum Gasteiger partial charge on any atom is 0 e. The second kappa shape index (κ2) is 19.0. The summed E-state index contributed by atoms with van der Waals surface area (Å²) in [6.45, 7) is 0. The predicted molar refractivity (Wildman–Crippen MR) is 16.9 cm³/mol. The van der Waals surface area contributed by atoms with Crippen molar-refractivity contribution in [2.24, 2.45) is 0 Å². The molecule has 0 bridgehead atoms. The van der Waals surface area contributed by atoms with Gasteiger partial charge in [-0.1, -0.05) is 0 Å². The Kier molecular flexibility index (Phi) is 166. The van der Waals surface area contributed by atoms with E-state index in [-0.39, 0.29) is 70.4 Å². The molecule has 1 unspecified atom stereocenters. The Bertz CT molecular complexity index is 8.00. The quantitative estimate of drug-likeness (QED) is 0.403. The zero-order chi connectivity index (χ0) is 0. The van der Waals surface area contributed by atoms with Gasteiger partial charge in [-0.2, -0.15) is 9.90 Å². The summed E-state index contributed by atoms with van der Waals surface area (Å²) in [6, 6.07) is 0. The number of hydrogen-bond donors (Lipinski definition) is 0. The minimum atomic E-state index is 0. The Labute approximate surface area is 69.6 Å². The largest absolute Gasteiger partial charge is 0.153 e. The maximum absolute atomic E-state index is 0. The SMILES string of the molecule is P.[B].[La].[Ni]. The van der Waals surface area contributed by atoms with E-state index in [2.05, 4.69) is 0 Å². The molecular weight excluding hydrogens is 239 g/mol. The van der Waals surface area contributed by atoms with Crippen LogP contribution in [0, 0.1) is 35.6 Å². The summed E-state index contributed by atoms with van der Waals surface area (Å²) < 4.78 is 0. The van der Waals surface area contributed by atoms with Gasteiger partial charge < -0.3 is 0 Å². The third-order valence-corrected chi connectivity index (χ3v) is 0. The van der Waals surface area contributed by atoms with Crippen LogP contribution in [-0.4, -0.2) is 8.41 Å². The molecule has 0 nitrogen and oxygen atoms in total. The van der Waals surface area contributed by atoms with E-state index < -0.39 is 0 Å². The Morgan fingerprint density at radius 2 is 1.00 bits per heavy atom. The average Bonchev–Trinajstić information content (AvgIpc) is 0. The maximum atomic E-state index is 0. The molecule has 0 aliphatic rings. The molecule has 0 saturated heterocycles. The summed E-state index contributed by atoms with van der Waals surface area (Å²) in [7, 11) is 0. The Morgan fingerprint density at radius 1 is 1.00 bits per heavy atom. The van der Waals surface area contributed by atoms with E-state index >= 15 is 0 Å². The van der Waals surface area contributed by atoms with Gasteiger partial charge in [-0.05, 0) is 0 Å². The van der Waals surface area contributed by atoms with Crippen LogP contribution >= 0.6 is 9.90 Å². The molecule has 0 N–H and O–H groups in total. The molecule has 0 saturated carbocycles. The monoisotopic (exact) mass is 242 g/mol. The topological polar surface area (TPSA) is 0 Å². The standard InChI is InChI=1S/B.La.Ni.H3P/h;;;1H3. The van der Waals surface area contributed by atoms with Gasteiger partial charge in [-0.15, -0.1) is 0 Å². The van der Waals surface area contributed by atoms with E-state index in [4.69, 9.17) is 0 Å². The van der Waals surface area contributed by atoms with Crippen molar-refractivity contribution in [2.75, 3.05) is 0 Å². The molecular formula is H3BLaNiP. The van der Waals surface area contributed by atoms with Crippen LogP contribution in [0.4, 0.5) is 0 Å². The molecule has 24 valence electrons. The van der Waals surface area contributed by atoms with Gasteiger partial charge in [0.2, 0.25) is 0 Å². The van der Waals surface area contributed by atoms with Gasteiger partial charge in [0.25, 0.3) is 0 Å². The predicted octanol–water partition coefficient (Wildman–Crippen LogP) is -0.325. The Balaban J connectivity index is 0. The van der Waals surface area contributed by atoms with Crippen LogP contribution in [0.25, 0.3) is 0 Å². The fraction of sp³-hybridized carbons (Fsp3) is 0. The van der Waals surface area contributed by atoms with Crippen molar-refractivity contribution in [3.8, 4) is 0 Å². The Hall–Kier alpha value is 2.18. The summed E-state index contributed by atoms with van der Waals surface area (Å²) in [5, 5.41) is 0. The summed E-state index contributed by atoms with van der Waals surface area (Å²) in [5.41, 5.74) is 0. The molecule has 4 heteroatoms. The molecule has 0 aromatic rings. The van der Waals surface area contributed by atoms with Gasteiger partial charge in [0, 0.05) is 60.5 Å². The molecule has 0 heterocycles. The first-order chi connectivity index (χ1) is 0. The van der Waals surface area contributed by atoms with Crippen molar-refractivity contribution < 1.29 is 52.1 Å². The van der Waals surface area contributed by atoms with Crippen LogP contribution in [0.5, 0.6) is 0 Å². The summed E-state index contributed by atoms with van der Waals surface area (Å²) in [6.07, 6.45) is 0. The summed E-state index contributed by atoms with van der Waals surface area (Å²) >= 11 is 0. The van der Waals surface area contributed by atoms with Crippen molar-refractivity contribution in [1.29, 1.82) is 0 Å². The van der Waals surface area contributed by atoms with Crippen molar-refractivity contribution in [3.05, 3.63) is 0 Å². The molecule has 1 atom stereocenters. The molecule has 0 aromatic heterocycles. The first-order valence-electron chi connectivity index (χ1n) is 0. The molecule has 0 fully saturated rings. The van der Waals surface area contributed by atoms with E-state index in [1.54, 1.807) is 0 Å². The zero-order valence-corrected chi connectivity index (χ0v) is 8.21. The van der Waals surface area contributed by atoms with Gasteiger partial charge in [0.05, 0.1) is 0 Å². The van der Waals surface area contributed by atoms with Crippen LogP contribution in [0.3, 0.4) is 0 Å². The number of hydrogen-bond acceptors (Lipinski definition) is 0. The zero-order valence-electron chi connectivity index (χ0n) is 2.18. The van der Waals surface area contributed by atoms with Crippen LogP contribution in [0.2, 0.25) is 0 Å². The smallest absolute Gasteiger partial charge is 0 e.